The van der Waals surface area contributed by atoms with Crippen LogP contribution in [0.2, 0.25) is 0 Å². The molecule has 0 aromatic heterocycles. The fourth-order valence-electron chi connectivity index (χ4n) is 2.04. The van der Waals surface area contributed by atoms with Gasteiger partial charge in [0.1, 0.15) is 0 Å². The maximum atomic E-state index is 10.8. The molecule has 4 heteroatoms. The molecule has 104 valence electrons. The SMILES string of the molecule is CCN(Cc1ccc(C(=O)O)cc1)c1ccc(N)cc1. The number of rotatable bonds is 5. The van der Waals surface area contributed by atoms with E-state index < -0.39 is 5.97 Å². The number of carboxylic acid groups (broad SMARTS) is 1. The van der Waals surface area contributed by atoms with Crippen LogP contribution in [0.1, 0.15) is 22.8 Å². The number of benzene rings is 2. The molecular weight excluding hydrogens is 252 g/mol. The normalized spacial score (nSPS) is 10.2. The molecular formula is C16H18N2O2. The van der Waals surface area contributed by atoms with Crippen molar-refractivity contribution in [2.45, 2.75) is 13.5 Å². The summed E-state index contributed by atoms with van der Waals surface area (Å²) >= 11 is 0. The molecule has 2 rings (SSSR count). The van der Waals surface area contributed by atoms with E-state index in [0.717, 1.165) is 30.0 Å². The molecule has 0 bridgehead atoms. The molecule has 0 saturated carbocycles. The average Bonchev–Trinajstić information content (AvgIpc) is 2.46. The Balaban J connectivity index is 2.13. The van der Waals surface area contributed by atoms with E-state index in [1.165, 1.54) is 0 Å². The summed E-state index contributed by atoms with van der Waals surface area (Å²) in [5.41, 5.74) is 8.93. The molecule has 0 aliphatic carbocycles. The molecule has 0 fully saturated rings. The Bertz CT molecular complexity index is 576. The third-order valence-corrected chi connectivity index (χ3v) is 3.21. The number of hydrogen-bond acceptors (Lipinski definition) is 3. The highest BCUT2D eigenvalue weighted by Gasteiger charge is 2.07. The van der Waals surface area contributed by atoms with Crippen molar-refractivity contribution >= 4 is 17.3 Å². The van der Waals surface area contributed by atoms with E-state index in [4.69, 9.17) is 10.8 Å². The maximum Gasteiger partial charge on any atom is 0.335 e. The van der Waals surface area contributed by atoms with E-state index in [-0.39, 0.29) is 0 Å². The number of nitrogen functional groups attached to an aromatic ring is 1. The molecule has 2 aromatic rings. The van der Waals surface area contributed by atoms with Crippen molar-refractivity contribution in [3.63, 3.8) is 0 Å². The number of hydrogen-bond donors (Lipinski definition) is 2. The summed E-state index contributed by atoms with van der Waals surface area (Å²) in [4.78, 5) is 13.0. The Morgan fingerprint density at radius 3 is 2.20 bits per heavy atom. The summed E-state index contributed by atoms with van der Waals surface area (Å²) in [7, 11) is 0. The van der Waals surface area contributed by atoms with Crippen molar-refractivity contribution in [2.75, 3.05) is 17.2 Å². The molecule has 0 heterocycles. The third kappa shape index (κ3) is 3.29. The van der Waals surface area contributed by atoms with Gasteiger partial charge in [0.15, 0.2) is 0 Å². The monoisotopic (exact) mass is 270 g/mol. The van der Waals surface area contributed by atoms with Crippen molar-refractivity contribution in [3.05, 3.63) is 59.7 Å². The highest BCUT2D eigenvalue weighted by molar-refractivity contribution is 5.87. The molecule has 0 aliphatic rings. The van der Waals surface area contributed by atoms with Crippen LogP contribution in [0.3, 0.4) is 0 Å². The Labute approximate surface area is 118 Å². The van der Waals surface area contributed by atoms with E-state index in [0.29, 0.717) is 5.56 Å². The molecule has 3 N–H and O–H groups in total. The molecule has 20 heavy (non-hydrogen) atoms. The molecule has 0 unspecified atom stereocenters. The van der Waals surface area contributed by atoms with Crippen molar-refractivity contribution in [1.29, 1.82) is 0 Å². The molecule has 0 amide bonds. The molecule has 0 saturated heterocycles. The molecule has 0 radical (unpaired) electrons. The fourth-order valence-corrected chi connectivity index (χ4v) is 2.04. The van der Waals surface area contributed by atoms with Crippen molar-refractivity contribution < 1.29 is 9.90 Å². The van der Waals surface area contributed by atoms with Gasteiger partial charge in [-0.1, -0.05) is 12.1 Å². The first-order valence-electron chi connectivity index (χ1n) is 6.53. The van der Waals surface area contributed by atoms with Gasteiger partial charge in [-0.05, 0) is 48.9 Å². The zero-order chi connectivity index (χ0) is 14.5. The number of carboxylic acids is 1. The van der Waals surface area contributed by atoms with Gasteiger partial charge in [-0.2, -0.15) is 0 Å². The van der Waals surface area contributed by atoms with Crippen LogP contribution in [0, 0.1) is 0 Å². The molecule has 0 spiro atoms. The minimum absolute atomic E-state index is 0.310. The number of nitrogens with zero attached hydrogens (tertiary/aromatic N) is 1. The zero-order valence-corrected chi connectivity index (χ0v) is 11.4. The second kappa shape index (κ2) is 6.10. The second-order valence-electron chi connectivity index (χ2n) is 4.61. The van der Waals surface area contributed by atoms with Crippen LogP contribution in [0.25, 0.3) is 0 Å². The van der Waals surface area contributed by atoms with Gasteiger partial charge < -0.3 is 15.7 Å². The Morgan fingerprint density at radius 1 is 1.10 bits per heavy atom. The van der Waals surface area contributed by atoms with E-state index in [9.17, 15) is 4.79 Å². The standard InChI is InChI=1S/C16H18N2O2/c1-2-18(15-9-7-14(17)8-10-15)11-12-3-5-13(6-4-12)16(19)20/h3-10H,2,11,17H2,1H3,(H,19,20). The van der Waals surface area contributed by atoms with Gasteiger partial charge in [-0.15, -0.1) is 0 Å². The minimum Gasteiger partial charge on any atom is -0.478 e. The smallest absolute Gasteiger partial charge is 0.335 e. The van der Waals surface area contributed by atoms with Crippen LogP contribution in [0.15, 0.2) is 48.5 Å². The Kier molecular flexibility index (Phi) is 4.25. The number of nitrogens with two attached hydrogens (primary N) is 1. The van der Waals surface area contributed by atoms with E-state index >= 15 is 0 Å². The largest absolute Gasteiger partial charge is 0.478 e. The summed E-state index contributed by atoms with van der Waals surface area (Å²) in [6, 6.07) is 14.7. The first-order valence-corrected chi connectivity index (χ1v) is 6.53. The van der Waals surface area contributed by atoms with Crippen molar-refractivity contribution in [2.24, 2.45) is 0 Å². The summed E-state index contributed by atoms with van der Waals surface area (Å²) in [5.74, 6) is -0.901. The van der Waals surface area contributed by atoms with Crippen LogP contribution < -0.4 is 10.6 Å². The van der Waals surface area contributed by atoms with Crippen LogP contribution >= 0.6 is 0 Å². The van der Waals surface area contributed by atoms with Crippen molar-refractivity contribution in [3.8, 4) is 0 Å². The van der Waals surface area contributed by atoms with Gasteiger partial charge in [-0.3, -0.25) is 0 Å². The van der Waals surface area contributed by atoms with Crippen molar-refractivity contribution in [1.82, 2.24) is 0 Å². The first-order chi connectivity index (χ1) is 9.60. The topological polar surface area (TPSA) is 66.6 Å². The molecule has 2 aromatic carbocycles. The highest BCUT2D eigenvalue weighted by Crippen LogP contribution is 2.19. The number of aromatic carboxylic acids is 1. The predicted molar refractivity (Wildman–Crippen MR) is 81.0 cm³/mol. The lowest BCUT2D eigenvalue weighted by molar-refractivity contribution is 0.0697. The number of anilines is 2. The van der Waals surface area contributed by atoms with E-state index in [1.54, 1.807) is 12.1 Å². The van der Waals surface area contributed by atoms with Crippen LogP contribution in [0.5, 0.6) is 0 Å². The fraction of sp³-hybridized carbons (Fsp3) is 0.188. The second-order valence-corrected chi connectivity index (χ2v) is 4.61. The summed E-state index contributed by atoms with van der Waals surface area (Å²) in [6.07, 6.45) is 0. The van der Waals surface area contributed by atoms with Gasteiger partial charge in [0.25, 0.3) is 0 Å². The van der Waals surface area contributed by atoms with Gasteiger partial charge >= 0.3 is 5.97 Å². The Hall–Kier alpha value is -2.49. The maximum absolute atomic E-state index is 10.8. The lowest BCUT2D eigenvalue weighted by atomic mass is 10.1. The van der Waals surface area contributed by atoms with E-state index in [1.807, 2.05) is 36.4 Å². The quantitative estimate of drug-likeness (QED) is 0.820. The highest BCUT2D eigenvalue weighted by atomic mass is 16.4. The average molecular weight is 270 g/mol. The predicted octanol–water partition coefficient (Wildman–Crippen LogP) is 2.99. The zero-order valence-electron chi connectivity index (χ0n) is 11.4. The molecule has 4 nitrogen and oxygen atoms in total. The first kappa shape index (κ1) is 13.9. The van der Waals surface area contributed by atoms with E-state index in [2.05, 4.69) is 11.8 Å². The molecule has 0 atom stereocenters. The third-order valence-electron chi connectivity index (χ3n) is 3.21. The van der Waals surface area contributed by atoms with Crippen LogP contribution in [-0.4, -0.2) is 17.6 Å². The minimum atomic E-state index is -0.901. The van der Waals surface area contributed by atoms with Gasteiger partial charge in [0.2, 0.25) is 0 Å². The lowest BCUT2D eigenvalue weighted by Gasteiger charge is -2.23. The summed E-state index contributed by atoms with van der Waals surface area (Å²) in [5, 5.41) is 8.89. The number of carbonyl (C=O) groups is 1. The van der Waals surface area contributed by atoms with Crippen LogP contribution in [-0.2, 0) is 6.54 Å². The van der Waals surface area contributed by atoms with Crippen LogP contribution in [0.4, 0.5) is 11.4 Å². The summed E-state index contributed by atoms with van der Waals surface area (Å²) < 4.78 is 0. The lowest BCUT2D eigenvalue weighted by Crippen LogP contribution is -2.21. The molecule has 0 aliphatic heterocycles. The van der Waals surface area contributed by atoms with Gasteiger partial charge in [0.05, 0.1) is 5.56 Å². The van der Waals surface area contributed by atoms with Gasteiger partial charge in [0, 0.05) is 24.5 Å². The Morgan fingerprint density at radius 2 is 1.70 bits per heavy atom. The summed E-state index contributed by atoms with van der Waals surface area (Å²) in [6.45, 7) is 3.69. The van der Waals surface area contributed by atoms with Gasteiger partial charge in [-0.25, -0.2) is 4.79 Å².